The molecule has 1 fully saturated rings. The predicted molar refractivity (Wildman–Crippen MR) is 103 cm³/mol. The van der Waals surface area contributed by atoms with E-state index in [1.54, 1.807) is 23.1 Å². The van der Waals surface area contributed by atoms with Gasteiger partial charge in [0.2, 0.25) is 0 Å². The van der Waals surface area contributed by atoms with Gasteiger partial charge >= 0.3 is 6.09 Å². The fraction of sp³-hybridized carbons (Fsp3) is 0.600. The van der Waals surface area contributed by atoms with Gasteiger partial charge in [-0.15, -0.1) is 0 Å². The highest BCUT2D eigenvalue weighted by atomic mass is 16.6. The molecule has 2 N–H and O–H groups in total. The van der Waals surface area contributed by atoms with E-state index in [-0.39, 0.29) is 12.6 Å². The third kappa shape index (κ3) is 5.58. The van der Waals surface area contributed by atoms with Crippen molar-refractivity contribution in [1.29, 1.82) is 5.26 Å². The van der Waals surface area contributed by atoms with E-state index in [1.807, 2.05) is 31.7 Å². The van der Waals surface area contributed by atoms with E-state index in [9.17, 15) is 15.0 Å². The van der Waals surface area contributed by atoms with E-state index < -0.39 is 17.8 Å². The minimum atomic E-state index is -0.816. The minimum Gasteiger partial charge on any atom is -0.495 e. The predicted octanol–water partition coefficient (Wildman–Crippen LogP) is 1.51. The summed E-state index contributed by atoms with van der Waals surface area (Å²) >= 11 is 0. The summed E-state index contributed by atoms with van der Waals surface area (Å²) in [6.07, 6.45) is -1.22. The Kier molecular flexibility index (Phi) is 7.24. The van der Waals surface area contributed by atoms with Crippen LogP contribution < -0.4 is 4.74 Å². The van der Waals surface area contributed by atoms with Gasteiger partial charge in [-0.1, -0.05) is 6.07 Å². The van der Waals surface area contributed by atoms with E-state index in [0.717, 1.165) is 0 Å². The lowest BCUT2D eigenvalue weighted by Crippen LogP contribution is -2.57. The van der Waals surface area contributed by atoms with Gasteiger partial charge in [0.1, 0.15) is 17.4 Å². The van der Waals surface area contributed by atoms with Crippen LogP contribution in [0.3, 0.4) is 0 Å². The maximum absolute atomic E-state index is 12.3. The zero-order chi connectivity index (χ0) is 20.9. The number of hydrogen-bond acceptors (Lipinski definition) is 7. The van der Waals surface area contributed by atoms with Gasteiger partial charge in [0, 0.05) is 26.2 Å². The van der Waals surface area contributed by atoms with Crippen LogP contribution in [0.2, 0.25) is 0 Å². The lowest BCUT2D eigenvalue weighted by atomic mass is 10.0. The number of nitriles is 1. The van der Waals surface area contributed by atoms with Crippen molar-refractivity contribution in [3.05, 3.63) is 29.3 Å². The first kappa shape index (κ1) is 22.0. The van der Waals surface area contributed by atoms with E-state index in [0.29, 0.717) is 43.1 Å². The maximum Gasteiger partial charge on any atom is 0.410 e. The van der Waals surface area contributed by atoms with Crippen molar-refractivity contribution in [1.82, 2.24) is 9.80 Å². The highest BCUT2D eigenvalue weighted by Crippen LogP contribution is 2.25. The molecule has 28 heavy (non-hydrogen) atoms. The van der Waals surface area contributed by atoms with Crippen LogP contribution in [0, 0.1) is 11.3 Å². The molecule has 1 aliphatic heterocycles. The second kappa shape index (κ2) is 9.24. The summed E-state index contributed by atoms with van der Waals surface area (Å²) in [6.45, 7) is 6.89. The van der Waals surface area contributed by atoms with Crippen LogP contribution in [-0.2, 0) is 4.74 Å². The molecule has 1 aromatic carbocycles. The molecule has 0 saturated carbocycles. The molecule has 1 amide bonds. The van der Waals surface area contributed by atoms with Crippen LogP contribution in [0.5, 0.6) is 5.75 Å². The normalized spacial score (nSPS) is 19.0. The second-order valence-electron chi connectivity index (χ2n) is 7.85. The van der Waals surface area contributed by atoms with E-state index >= 15 is 0 Å². The van der Waals surface area contributed by atoms with Gasteiger partial charge in [0.05, 0.1) is 31.4 Å². The lowest BCUT2D eigenvalue weighted by Gasteiger charge is -2.41. The number of ether oxygens (including phenoxy) is 2. The molecule has 0 aromatic heterocycles. The number of benzene rings is 1. The fourth-order valence-electron chi connectivity index (χ4n) is 3.13. The maximum atomic E-state index is 12.3. The molecule has 8 heteroatoms. The summed E-state index contributed by atoms with van der Waals surface area (Å²) in [7, 11) is 1.48. The van der Waals surface area contributed by atoms with Crippen molar-refractivity contribution in [2.24, 2.45) is 0 Å². The van der Waals surface area contributed by atoms with Crippen molar-refractivity contribution in [2.75, 3.05) is 39.9 Å². The molecule has 154 valence electrons. The van der Waals surface area contributed by atoms with Crippen LogP contribution in [0.4, 0.5) is 4.79 Å². The Morgan fingerprint density at radius 3 is 2.68 bits per heavy atom. The Labute approximate surface area is 165 Å². The number of carbonyl (C=O) groups excluding carboxylic acids is 1. The minimum absolute atomic E-state index is 0.136. The zero-order valence-electron chi connectivity index (χ0n) is 16.9. The molecule has 0 aliphatic carbocycles. The van der Waals surface area contributed by atoms with Gasteiger partial charge in [-0.2, -0.15) is 5.26 Å². The molecule has 1 aromatic rings. The number of hydrogen-bond donors (Lipinski definition) is 2. The molecule has 2 rings (SSSR count). The quantitative estimate of drug-likeness (QED) is 0.784. The first-order valence-corrected chi connectivity index (χ1v) is 9.27. The standard InChI is InChI=1S/C20H29N3O5/c1-20(2,3)28-19(26)23-8-7-22(16(11-23)13-24)12-17(25)14-5-6-15(10-21)18(9-14)27-4/h5-6,9,16-17,24-25H,7-8,11-13H2,1-4H3/t16-,17?/m0/s1. The van der Waals surface area contributed by atoms with E-state index in [2.05, 4.69) is 0 Å². The average Bonchev–Trinajstić information content (AvgIpc) is 2.66. The number of carbonyl (C=O) groups is 1. The number of β-amino-alcohol motifs (C(OH)–C–C–N with tert-alkyl or cyclic N) is 1. The summed E-state index contributed by atoms with van der Waals surface area (Å²) in [6, 6.07) is 6.70. The molecular weight excluding hydrogens is 362 g/mol. The van der Waals surface area contributed by atoms with Crippen LogP contribution >= 0.6 is 0 Å². The summed E-state index contributed by atoms with van der Waals surface area (Å²) in [5.74, 6) is 0.410. The summed E-state index contributed by atoms with van der Waals surface area (Å²) in [5, 5.41) is 29.5. The Morgan fingerprint density at radius 2 is 2.11 bits per heavy atom. The second-order valence-corrected chi connectivity index (χ2v) is 7.85. The molecule has 1 saturated heterocycles. The molecule has 1 aliphatic rings. The third-order valence-electron chi connectivity index (χ3n) is 4.61. The Hall–Kier alpha value is -2.34. The lowest BCUT2D eigenvalue weighted by molar-refractivity contribution is -0.0147. The summed E-state index contributed by atoms with van der Waals surface area (Å²) < 4.78 is 10.6. The van der Waals surface area contributed by atoms with Crippen molar-refractivity contribution in [2.45, 2.75) is 38.5 Å². The monoisotopic (exact) mass is 391 g/mol. The Balaban J connectivity index is 2.03. The smallest absolute Gasteiger partial charge is 0.410 e. The number of piperazine rings is 1. The van der Waals surface area contributed by atoms with Gasteiger partial charge in [-0.25, -0.2) is 4.79 Å². The molecule has 8 nitrogen and oxygen atoms in total. The summed E-state index contributed by atoms with van der Waals surface area (Å²) in [4.78, 5) is 15.8. The summed E-state index contributed by atoms with van der Waals surface area (Å²) in [5.41, 5.74) is 0.452. The molecule has 0 bridgehead atoms. The molecule has 1 heterocycles. The topological polar surface area (TPSA) is 106 Å². The molecule has 0 spiro atoms. The number of methoxy groups -OCH3 is 1. The fourth-order valence-corrected chi connectivity index (χ4v) is 3.13. The van der Waals surface area contributed by atoms with Crippen molar-refractivity contribution < 1.29 is 24.5 Å². The van der Waals surface area contributed by atoms with Gasteiger partial charge in [0.15, 0.2) is 0 Å². The number of aliphatic hydroxyl groups is 2. The van der Waals surface area contributed by atoms with E-state index in [1.165, 1.54) is 7.11 Å². The average molecular weight is 391 g/mol. The first-order valence-electron chi connectivity index (χ1n) is 9.27. The van der Waals surface area contributed by atoms with Gasteiger partial charge < -0.3 is 24.6 Å². The highest BCUT2D eigenvalue weighted by Gasteiger charge is 2.32. The van der Waals surface area contributed by atoms with Gasteiger partial charge in [-0.3, -0.25) is 4.90 Å². The Bertz CT molecular complexity index is 726. The number of rotatable bonds is 5. The first-order chi connectivity index (χ1) is 13.2. The van der Waals surface area contributed by atoms with Crippen LogP contribution in [0.15, 0.2) is 18.2 Å². The molecule has 1 unspecified atom stereocenters. The van der Waals surface area contributed by atoms with Crippen LogP contribution in [-0.4, -0.2) is 77.6 Å². The SMILES string of the molecule is COc1cc(C(O)CN2CCN(C(=O)OC(C)(C)C)C[C@H]2CO)ccc1C#N. The largest absolute Gasteiger partial charge is 0.495 e. The van der Waals surface area contributed by atoms with Crippen molar-refractivity contribution >= 4 is 6.09 Å². The van der Waals surface area contributed by atoms with Crippen LogP contribution in [0.25, 0.3) is 0 Å². The Morgan fingerprint density at radius 1 is 1.39 bits per heavy atom. The molecule has 0 radical (unpaired) electrons. The van der Waals surface area contributed by atoms with Crippen LogP contribution in [0.1, 0.15) is 38.0 Å². The number of amides is 1. The van der Waals surface area contributed by atoms with Crippen molar-refractivity contribution in [3.63, 3.8) is 0 Å². The molecular formula is C20H29N3O5. The van der Waals surface area contributed by atoms with Gasteiger partial charge in [-0.05, 0) is 38.5 Å². The number of aliphatic hydroxyl groups excluding tert-OH is 2. The number of nitrogens with zero attached hydrogens (tertiary/aromatic N) is 3. The van der Waals surface area contributed by atoms with E-state index in [4.69, 9.17) is 14.7 Å². The van der Waals surface area contributed by atoms with Gasteiger partial charge in [0.25, 0.3) is 0 Å². The zero-order valence-corrected chi connectivity index (χ0v) is 16.9. The third-order valence-corrected chi connectivity index (χ3v) is 4.61. The molecule has 2 atom stereocenters. The van der Waals surface area contributed by atoms with Crippen molar-refractivity contribution in [3.8, 4) is 11.8 Å². The highest BCUT2D eigenvalue weighted by molar-refractivity contribution is 5.68.